The van der Waals surface area contributed by atoms with Crippen LogP contribution in [0.25, 0.3) is 17.1 Å². The summed E-state index contributed by atoms with van der Waals surface area (Å²) >= 11 is 3.44. The number of fused-ring (bicyclic) bond motifs is 1. The molecule has 4 heteroatoms. The smallest absolute Gasteiger partial charge is 0.180 e. The molecular formula is C11H7BrN2O. The van der Waals surface area contributed by atoms with Gasteiger partial charge in [0.05, 0.1) is 18.0 Å². The van der Waals surface area contributed by atoms with E-state index in [2.05, 4.69) is 20.9 Å². The Morgan fingerprint density at radius 2 is 2.20 bits per heavy atom. The van der Waals surface area contributed by atoms with Gasteiger partial charge < -0.3 is 4.42 Å². The first-order valence-corrected chi connectivity index (χ1v) is 5.30. The molecule has 0 atom stereocenters. The predicted octanol–water partition coefficient (Wildman–Crippen LogP) is 3.36. The molecule has 3 rings (SSSR count). The minimum atomic E-state index is 0.771. The quantitative estimate of drug-likeness (QED) is 0.674. The topological polar surface area (TPSA) is 30.4 Å². The van der Waals surface area contributed by atoms with E-state index in [9.17, 15) is 0 Å². The molecule has 0 saturated carbocycles. The number of rotatable bonds is 1. The molecule has 0 saturated heterocycles. The van der Waals surface area contributed by atoms with Crippen LogP contribution in [-0.4, -0.2) is 9.38 Å². The van der Waals surface area contributed by atoms with E-state index in [-0.39, 0.29) is 0 Å². The van der Waals surface area contributed by atoms with Gasteiger partial charge in [-0.1, -0.05) is 0 Å². The van der Waals surface area contributed by atoms with E-state index in [1.54, 1.807) is 6.26 Å². The maximum absolute atomic E-state index is 5.33. The summed E-state index contributed by atoms with van der Waals surface area (Å²) in [6, 6.07) is 7.75. The Kier molecular flexibility index (Phi) is 1.89. The molecule has 0 radical (unpaired) electrons. The second kappa shape index (κ2) is 3.24. The largest absolute Gasteiger partial charge is 0.461 e. The number of nitrogens with zero attached hydrogens (tertiary/aromatic N) is 2. The van der Waals surface area contributed by atoms with Crippen LogP contribution in [0.15, 0.2) is 51.8 Å². The van der Waals surface area contributed by atoms with Gasteiger partial charge in [0.1, 0.15) is 0 Å². The Morgan fingerprint density at radius 1 is 1.27 bits per heavy atom. The molecule has 0 aliphatic carbocycles. The average molecular weight is 263 g/mol. The highest BCUT2D eigenvalue weighted by atomic mass is 79.9. The molecule has 0 unspecified atom stereocenters. The fourth-order valence-corrected chi connectivity index (χ4v) is 1.89. The van der Waals surface area contributed by atoms with Crippen LogP contribution in [0.3, 0.4) is 0 Å². The van der Waals surface area contributed by atoms with Crippen molar-refractivity contribution in [2.45, 2.75) is 0 Å². The molecule has 0 aliphatic heterocycles. The Balaban J connectivity index is 2.32. The molecule has 0 N–H and O–H groups in total. The summed E-state index contributed by atoms with van der Waals surface area (Å²) in [5, 5.41) is 0. The van der Waals surface area contributed by atoms with E-state index in [1.165, 1.54) is 0 Å². The van der Waals surface area contributed by atoms with Gasteiger partial charge in [-0.05, 0) is 40.2 Å². The van der Waals surface area contributed by atoms with E-state index < -0.39 is 0 Å². The van der Waals surface area contributed by atoms with Crippen LogP contribution < -0.4 is 0 Å². The van der Waals surface area contributed by atoms with Gasteiger partial charge in [0.2, 0.25) is 0 Å². The first kappa shape index (κ1) is 8.73. The monoisotopic (exact) mass is 262 g/mol. The van der Waals surface area contributed by atoms with E-state index in [4.69, 9.17) is 4.42 Å². The maximum atomic E-state index is 5.33. The zero-order valence-electron chi connectivity index (χ0n) is 7.72. The maximum Gasteiger partial charge on any atom is 0.180 e. The molecule has 74 valence electrons. The van der Waals surface area contributed by atoms with Crippen LogP contribution in [0, 0.1) is 0 Å². The number of pyridine rings is 1. The predicted molar refractivity (Wildman–Crippen MR) is 60.6 cm³/mol. The van der Waals surface area contributed by atoms with Gasteiger partial charge in [-0.3, -0.25) is 4.40 Å². The highest BCUT2D eigenvalue weighted by Gasteiger charge is 2.08. The van der Waals surface area contributed by atoms with Crippen molar-refractivity contribution >= 4 is 21.4 Å². The van der Waals surface area contributed by atoms with Crippen LogP contribution in [0.5, 0.6) is 0 Å². The minimum absolute atomic E-state index is 0.771. The molecule has 0 bridgehead atoms. The van der Waals surface area contributed by atoms with E-state index in [0.29, 0.717) is 0 Å². The summed E-state index contributed by atoms with van der Waals surface area (Å²) in [5.74, 6) is 1.59. The molecular weight excluding hydrogens is 256 g/mol. The first-order chi connectivity index (χ1) is 7.34. The number of furan rings is 1. The molecule has 3 heterocycles. The first-order valence-electron chi connectivity index (χ1n) is 4.51. The third-order valence-electron chi connectivity index (χ3n) is 2.23. The fraction of sp³-hybridized carbons (Fsp3) is 0. The van der Waals surface area contributed by atoms with Gasteiger partial charge in [-0.2, -0.15) is 0 Å². The van der Waals surface area contributed by atoms with Crippen LogP contribution in [0.2, 0.25) is 0 Å². The van der Waals surface area contributed by atoms with E-state index in [0.717, 1.165) is 21.6 Å². The Bertz CT molecular complexity index is 598. The second-order valence-corrected chi connectivity index (χ2v) is 4.12. The minimum Gasteiger partial charge on any atom is -0.461 e. The summed E-state index contributed by atoms with van der Waals surface area (Å²) < 4.78 is 8.33. The van der Waals surface area contributed by atoms with Crippen molar-refractivity contribution in [3.05, 3.63) is 47.4 Å². The zero-order chi connectivity index (χ0) is 10.3. The van der Waals surface area contributed by atoms with Gasteiger partial charge in [0.15, 0.2) is 11.6 Å². The second-order valence-electron chi connectivity index (χ2n) is 3.20. The summed E-state index contributed by atoms with van der Waals surface area (Å²) in [6.45, 7) is 0. The molecule has 0 amide bonds. The highest BCUT2D eigenvalue weighted by molar-refractivity contribution is 9.10. The van der Waals surface area contributed by atoms with Gasteiger partial charge in [0.25, 0.3) is 0 Å². The van der Waals surface area contributed by atoms with Crippen LogP contribution in [0.4, 0.5) is 0 Å². The molecule has 0 aliphatic rings. The number of halogens is 1. The normalized spacial score (nSPS) is 11.0. The van der Waals surface area contributed by atoms with Crippen molar-refractivity contribution in [1.82, 2.24) is 9.38 Å². The average Bonchev–Trinajstić information content (AvgIpc) is 2.83. The van der Waals surface area contributed by atoms with Crippen molar-refractivity contribution in [3.63, 3.8) is 0 Å². The van der Waals surface area contributed by atoms with E-state index in [1.807, 2.05) is 41.1 Å². The van der Waals surface area contributed by atoms with Gasteiger partial charge >= 0.3 is 0 Å². The molecule has 15 heavy (non-hydrogen) atoms. The molecule has 0 aromatic carbocycles. The Hall–Kier alpha value is -1.55. The lowest BCUT2D eigenvalue weighted by atomic mass is 10.4. The summed E-state index contributed by atoms with van der Waals surface area (Å²) in [6.07, 6.45) is 5.44. The van der Waals surface area contributed by atoms with Crippen LogP contribution >= 0.6 is 15.9 Å². The van der Waals surface area contributed by atoms with Crippen LogP contribution in [-0.2, 0) is 0 Å². The molecule has 0 spiro atoms. The molecule has 3 aromatic rings. The van der Waals surface area contributed by atoms with Crippen molar-refractivity contribution in [2.24, 2.45) is 0 Å². The fourth-order valence-electron chi connectivity index (χ4n) is 1.55. The summed E-state index contributed by atoms with van der Waals surface area (Å²) in [5.41, 5.74) is 1.05. The standard InChI is InChI=1S/C11H7BrN2O/c12-8-3-4-9-6-13-11(14(9)7-8)10-2-1-5-15-10/h1-7H. The Labute approximate surface area is 94.5 Å². The molecule has 0 fully saturated rings. The summed E-state index contributed by atoms with van der Waals surface area (Å²) in [7, 11) is 0. The lowest BCUT2D eigenvalue weighted by Crippen LogP contribution is -1.87. The number of hydrogen-bond donors (Lipinski definition) is 0. The number of aromatic nitrogens is 2. The Morgan fingerprint density at radius 3 is 3.00 bits per heavy atom. The van der Waals surface area contributed by atoms with Crippen molar-refractivity contribution in [1.29, 1.82) is 0 Å². The molecule has 3 nitrogen and oxygen atoms in total. The lowest BCUT2D eigenvalue weighted by molar-refractivity contribution is 0.577. The van der Waals surface area contributed by atoms with Crippen LogP contribution in [0.1, 0.15) is 0 Å². The van der Waals surface area contributed by atoms with Gasteiger partial charge in [-0.25, -0.2) is 4.98 Å². The zero-order valence-corrected chi connectivity index (χ0v) is 9.31. The van der Waals surface area contributed by atoms with Crippen molar-refractivity contribution in [2.75, 3.05) is 0 Å². The third kappa shape index (κ3) is 1.37. The van der Waals surface area contributed by atoms with Crippen molar-refractivity contribution < 1.29 is 4.42 Å². The van der Waals surface area contributed by atoms with Gasteiger partial charge in [-0.15, -0.1) is 0 Å². The number of imidazole rings is 1. The van der Waals surface area contributed by atoms with Crippen molar-refractivity contribution in [3.8, 4) is 11.6 Å². The SMILES string of the molecule is Brc1ccc2cnc(-c3ccco3)n2c1. The van der Waals surface area contributed by atoms with Gasteiger partial charge in [0, 0.05) is 10.7 Å². The molecule has 3 aromatic heterocycles. The number of hydrogen-bond acceptors (Lipinski definition) is 2. The van der Waals surface area contributed by atoms with E-state index >= 15 is 0 Å². The summed E-state index contributed by atoms with van der Waals surface area (Å²) in [4.78, 5) is 4.33. The third-order valence-corrected chi connectivity index (χ3v) is 2.70. The lowest BCUT2D eigenvalue weighted by Gasteiger charge is -1.98. The highest BCUT2D eigenvalue weighted by Crippen LogP contribution is 2.21.